The molecule has 138 valence electrons. The van der Waals surface area contributed by atoms with Gasteiger partial charge < -0.3 is 9.84 Å². The van der Waals surface area contributed by atoms with E-state index in [0.29, 0.717) is 12.1 Å². The van der Waals surface area contributed by atoms with Gasteiger partial charge in [0.15, 0.2) is 0 Å². The number of carbonyl (C=O) groups excluding carboxylic acids is 1. The van der Waals surface area contributed by atoms with E-state index in [1.54, 1.807) is 12.1 Å². The molecule has 1 aromatic rings. The second-order valence-corrected chi connectivity index (χ2v) is 4.69. The van der Waals surface area contributed by atoms with Gasteiger partial charge in [-0.2, -0.15) is 13.2 Å². The fourth-order valence-electron chi connectivity index (χ4n) is 1.62. The van der Waals surface area contributed by atoms with Crippen LogP contribution in [0.25, 0.3) is 0 Å². The van der Waals surface area contributed by atoms with Crippen LogP contribution in [0.4, 0.5) is 23.7 Å². The molecule has 0 saturated carbocycles. The van der Waals surface area contributed by atoms with Crippen LogP contribution >= 0.6 is 0 Å². The Balaban J connectivity index is 0.000000381. The van der Waals surface area contributed by atoms with Crippen molar-refractivity contribution in [2.45, 2.75) is 19.2 Å². The van der Waals surface area contributed by atoms with E-state index in [1.807, 2.05) is 0 Å². The zero-order valence-electron chi connectivity index (χ0n) is 12.7. The van der Waals surface area contributed by atoms with E-state index in [1.165, 1.54) is 17.1 Å². The summed E-state index contributed by atoms with van der Waals surface area (Å²) in [6.07, 6.45) is -4.60. The number of carbonyl (C=O) groups is 2. The lowest BCUT2D eigenvalue weighted by Crippen LogP contribution is -2.37. The van der Waals surface area contributed by atoms with Gasteiger partial charge in [0.05, 0.1) is 4.92 Å². The molecular formula is C13H14F3N3O6. The molecule has 0 aliphatic carbocycles. The number of hydrazine groups is 1. The molecule has 0 unspecified atom stereocenters. The summed E-state index contributed by atoms with van der Waals surface area (Å²) in [4.78, 5) is 30.4. The van der Waals surface area contributed by atoms with Crippen molar-refractivity contribution in [2.75, 3.05) is 13.1 Å². The third kappa shape index (κ3) is 7.03. The SMILES string of the molecule is O=C(O)C(F)(F)F.O=C(OCc1ccc([N+](=O)[O-])cc1)N1CCCN1. The molecule has 25 heavy (non-hydrogen) atoms. The summed E-state index contributed by atoms with van der Waals surface area (Å²) < 4.78 is 36.8. The number of rotatable bonds is 3. The largest absolute Gasteiger partial charge is 0.490 e. The molecule has 1 aliphatic rings. The highest BCUT2D eigenvalue weighted by molar-refractivity contribution is 5.73. The Morgan fingerprint density at radius 1 is 1.32 bits per heavy atom. The third-order valence-electron chi connectivity index (χ3n) is 2.83. The number of benzene rings is 1. The number of nitro groups is 1. The van der Waals surface area contributed by atoms with E-state index >= 15 is 0 Å². The van der Waals surface area contributed by atoms with Crippen LogP contribution in [0, 0.1) is 10.1 Å². The first kappa shape index (κ1) is 20.2. The quantitative estimate of drug-likeness (QED) is 0.621. The van der Waals surface area contributed by atoms with Crippen LogP contribution in [-0.4, -0.2) is 46.4 Å². The van der Waals surface area contributed by atoms with Gasteiger partial charge >= 0.3 is 18.2 Å². The van der Waals surface area contributed by atoms with Crippen molar-refractivity contribution >= 4 is 17.7 Å². The lowest BCUT2D eigenvalue weighted by atomic mass is 10.2. The first-order valence-electron chi connectivity index (χ1n) is 6.82. The Hall–Kier alpha value is -2.89. The number of ether oxygens (including phenoxy) is 1. The van der Waals surface area contributed by atoms with Crippen molar-refractivity contribution in [2.24, 2.45) is 0 Å². The van der Waals surface area contributed by atoms with E-state index < -0.39 is 23.2 Å². The summed E-state index contributed by atoms with van der Waals surface area (Å²) in [5, 5.41) is 19.0. The van der Waals surface area contributed by atoms with Gasteiger partial charge in [0, 0.05) is 25.2 Å². The molecule has 9 nitrogen and oxygen atoms in total. The van der Waals surface area contributed by atoms with Crippen molar-refractivity contribution in [3.63, 3.8) is 0 Å². The Labute approximate surface area is 139 Å². The average Bonchev–Trinajstić information content (AvgIpc) is 3.07. The van der Waals surface area contributed by atoms with Crippen LogP contribution < -0.4 is 5.43 Å². The number of alkyl halides is 3. The molecule has 0 aromatic heterocycles. The molecule has 1 heterocycles. The van der Waals surface area contributed by atoms with E-state index in [9.17, 15) is 28.1 Å². The number of halogens is 3. The lowest BCUT2D eigenvalue weighted by Gasteiger charge is -2.15. The molecule has 1 amide bonds. The van der Waals surface area contributed by atoms with Gasteiger partial charge in [-0.3, -0.25) is 10.1 Å². The molecule has 0 bridgehead atoms. The average molecular weight is 365 g/mol. The normalized spacial score (nSPS) is 13.6. The van der Waals surface area contributed by atoms with Gasteiger partial charge in [-0.15, -0.1) is 0 Å². The minimum absolute atomic E-state index is 0.0197. The number of non-ortho nitro benzene ring substituents is 1. The van der Waals surface area contributed by atoms with Gasteiger partial charge in [0.2, 0.25) is 0 Å². The molecule has 12 heteroatoms. The Morgan fingerprint density at radius 2 is 1.88 bits per heavy atom. The standard InChI is InChI=1S/C11H13N3O4.C2HF3O2/c15-11(13-7-1-6-12-13)18-8-9-2-4-10(5-3-9)14(16)17;3-2(4,5)1(6)7/h2-5,12H,1,6-8H2;(H,6,7). The van der Waals surface area contributed by atoms with Gasteiger partial charge in [0.25, 0.3) is 5.69 Å². The Kier molecular flexibility index (Phi) is 7.11. The number of aliphatic carboxylic acids is 1. The van der Waals surface area contributed by atoms with E-state index in [2.05, 4.69) is 5.43 Å². The van der Waals surface area contributed by atoms with Gasteiger partial charge in [-0.05, 0) is 24.1 Å². The van der Waals surface area contributed by atoms with Crippen molar-refractivity contribution < 1.29 is 37.5 Å². The van der Waals surface area contributed by atoms with Crippen LogP contribution in [-0.2, 0) is 16.1 Å². The lowest BCUT2D eigenvalue weighted by molar-refractivity contribution is -0.384. The van der Waals surface area contributed by atoms with Crippen molar-refractivity contribution in [1.82, 2.24) is 10.4 Å². The summed E-state index contributed by atoms with van der Waals surface area (Å²) in [5.41, 5.74) is 3.62. The fourth-order valence-corrected chi connectivity index (χ4v) is 1.62. The zero-order chi connectivity index (χ0) is 19.0. The second kappa shape index (κ2) is 8.82. The number of carboxylic acid groups (broad SMARTS) is 1. The summed E-state index contributed by atoms with van der Waals surface area (Å²) >= 11 is 0. The third-order valence-corrected chi connectivity index (χ3v) is 2.83. The summed E-state index contributed by atoms with van der Waals surface area (Å²) in [7, 11) is 0. The highest BCUT2D eigenvalue weighted by Crippen LogP contribution is 2.13. The molecule has 1 saturated heterocycles. The molecule has 1 fully saturated rings. The summed E-state index contributed by atoms with van der Waals surface area (Å²) in [6.45, 7) is 1.51. The topological polar surface area (TPSA) is 122 Å². The van der Waals surface area contributed by atoms with Gasteiger partial charge in [0.1, 0.15) is 6.61 Å². The fraction of sp³-hybridized carbons (Fsp3) is 0.385. The maximum atomic E-state index is 11.5. The minimum Gasteiger partial charge on any atom is -0.475 e. The van der Waals surface area contributed by atoms with E-state index in [0.717, 1.165) is 13.0 Å². The number of nitrogens with one attached hydrogen (secondary N) is 1. The van der Waals surface area contributed by atoms with Crippen molar-refractivity contribution in [3.8, 4) is 0 Å². The monoisotopic (exact) mass is 365 g/mol. The second-order valence-electron chi connectivity index (χ2n) is 4.69. The number of carboxylic acids is 1. The molecule has 1 aromatic carbocycles. The number of amides is 1. The highest BCUT2D eigenvalue weighted by atomic mass is 19.4. The zero-order valence-corrected chi connectivity index (χ0v) is 12.7. The highest BCUT2D eigenvalue weighted by Gasteiger charge is 2.38. The maximum Gasteiger partial charge on any atom is 0.490 e. The van der Waals surface area contributed by atoms with Crippen LogP contribution in [0.15, 0.2) is 24.3 Å². The van der Waals surface area contributed by atoms with Crippen LogP contribution in [0.5, 0.6) is 0 Å². The molecule has 2 N–H and O–H groups in total. The Bertz CT molecular complexity index is 614. The van der Waals surface area contributed by atoms with Crippen molar-refractivity contribution in [1.29, 1.82) is 0 Å². The van der Waals surface area contributed by atoms with Crippen molar-refractivity contribution in [3.05, 3.63) is 39.9 Å². The molecule has 2 rings (SSSR count). The molecule has 0 spiro atoms. The molecule has 0 atom stereocenters. The number of hydrogen-bond donors (Lipinski definition) is 2. The number of nitrogens with zero attached hydrogens (tertiary/aromatic N) is 2. The summed E-state index contributed by atoms with van der Waals surface area (Å²) in [5.74, 6) is -2.76. The van der Waals surface area contributed by atoms with Gasteiger partial charge in [-0.25, -0.2) is 20.0 Å². The van der Waals surface area contributed by atoms with Crippen LogP contribution in [0.2, 0.25) is 0 Å². The maximum absolute atomic E-state index is 11.5. The number of hydrogen-bond acceptors (Lipinski definition) is 6. The predicted octanol–water partition coefficient (Wildman–Crippen LogP) is 2.07. The summed E-state index contributed by atoms with van der Waals surface area (Å²) in [6, 6.07) is 5.92. The number of nitro benzene ring substituents is 1. The molecular weight excluding hydrogens is 351 g/mol. The molecule has 1 aliphatic heterocycles. The minimum atomic E-state index is -5.08. The first-order chi connectivity index (χ1) is 11.6. The van der Waals surface area contributed by atoms with Gasteiger partial charge in [-0.1, -0.05) is 0 Å². The van der Waals surface area contributed by atoms with Crippen LogP contribution in [0.1, 0.15) is 12.0 Å². The Morgan fingerprint density at radius 3 is 2.28 bits per heavy atom. The molecule has 0 radical (unpaired) electrons. The first-order valence-corrected chi connectivity index (χ1v) is 6.82. The van der Waals surface area contributed by atoms with E-state index in [-0.39, 0.29) is 12.3 Å². The predicted molar refractivity (Wildman–Crippen MR) is 76.3 cm³/mol. The van der Waals surface area contributed by atoms with Crippen LogP contribution in [0.3, 0.4) is 0 Å². The smallest absolute Gasteiger partial charge is 0.475 e. The van der Waals surface area contributed by atoms with E-state index in [4.69, 9.17) is 14.6 Å².